The molecule has 0 radical (unpaired) electrons. The van der Waals surface area contributed by atoms with Crippen LogP contribution in [-0.4, -0.2) is 45.5 Å². The Labute approximate surface area is 195 Å². The van der Waals surface area contributed by atoms with Gasteiger partial charge in [0, 0.05) is 6.42 Å². The van der Waals surface area contributed by atoms with Gasteiger partial charge in [0.1, 0.15) is 0 Å². The minimum Gasteiger partial charge on any atom is -0.393 e. The van der Waals surface area contributed by atoms with Crippen LogP contribution in [0.25, 0.3) is 0 Å². The molecule has 0 aromatic heterocycles. The van der Waals surface area contributed by atoms with Crippen LogP contribution in [0.3, 0.4) is 0 Å². The second-order valence-corrected chi connectivity index (χ2v) is 11.0. The van der Waals surface area contributed by atoms with E-state index in [2.05, 4.69) is 0 Å². The van der Waals surface area contributed by atoms with E-state index < -0.39 is 47.4 Å². The molecule has 0 spiro atoms. The Morgan fingerprint density at radius 3 is 2.09 bits per heavy atom. The molecule has 4 aliphatic rings. The Hall–Kier alpha value is -1.32. The standard InChI is InChI=1S/C25H32F6O3/c1-21-8-2-3-16(5-4-15-11-17(32)13-18(33)12-15)19(21)6-7-20(21)22(9-10-22)14-23(34,24(26,27)28)25(29,30)31/h4-5,7,17-19,32-34H,2-3,6,8-14H2,1H3/b16-5+/t17-,18-,19+,21+/m1/s1. The van der Waals surface area contributed by atoms with Crippen LogP contribution in [0.5, 0.6) is 0 Å². The molecule has 3 saturated carbocycles. The van der Waals surface area contributed by atoms with E-state index >= 15 is 0 Å². The lowest BCUT2D eigenvalue weighted by Crippen LogP contribution is -2.58. The number of fused-ring (bicyclic) bond motifs is 1. The van der Waals surface area contributed by atoms with Gasteiger partial charge in [0.05, 0.1) is 12.2 Å². The van der Waals surface area contributed by atoms with Gasteiger partial charge in [0.25, 0.3) is 5.60 Å². The van der Waals surface area contributed by atoms with Crippen molar-refractivity contribution in [2.45, 2.75) is 101 Å². The molecule has 4 rings (SSSR count). The molecule has 0 aromatic rings. The maximum absolute atomic E-state index is 13.4. The second-order valence-electron chi connectivity index (χ2n) is 11.0. The van der Waals surface area contributed by atoms with E-state index in [1.807, 2.05) is 25.2 Å². The highest BCUT2D eigenvalue weighted by atomic mass is 19.4. The first kappa shape index (κ1) is 25.8. The average Bonchev–Trinajstić information content (AvgIpc) is 3.35. The summed E-state index contributed by atoms with van der Waals surface area (Å²) in [6.45, 7) is 1.94. The predicted octanol–water partition coefficient (Wildman–Crippen LogP) is 5.91. The van der Waals surface area contributed by atoms with E-state index in [9.17, 15) is 41.7 Å². The van der Waals surface area contributed by atoms with Crippen molar-refractivity contribution in [2.24, 2.45) is 16.7 Å². The number of aliphatic hydroxyl groups is 3. The van der Waals surface area contributed by atoms with Crippen LogP contribution in [0.4, 0.5) is 26.3 Å². The Balaban J connectivity index is 1.58. The normalized spacial score (nSPS) is 35.2. The quantitative estimate of drug-likeness (QED) is 0.337. The highest BCUT2D eigenvalue weighted by Gasteiger charge is 2.74. The second kappa shape index (κ2) is 8.37. The van der Waals surface area contributed by atoms with Crippen LogP contribution < -0.4 is 0 Å². The zero-order valence-electron chi connectivity index (χ0n) is 19.1. The fourth-order valence-corrected chi connectivity index (χ4v) is 6.72. The molecule has 4 aliphatic carbocycles. The number of hydrogen-bond donors (Lipinski definition) is 3. The van der Waals surface area contributed by atoms with Crippen LogP contribution in [-0.2, 0) is 0 Å². The van der Waals surface area contributed by atoms with Crippen LogP contribution >= 0.6 is 0 Å². The van der Waals surface area contributed by atoms with Crippen LogP contribution in [0, 0.1) is 16.7 Å². The molecule has 0 unspecified atom stereocenters. The van der Waals surface area contributed by atoms with Gasteiger partial charge < -0.3 is 15.3 Å². The fourth-order valence-electron chi connectivity index (χ4n) is 6.72. The minimum absolute atomic E-state index is 0.0196. The molecule has 0 heterocycles. The van der Waals surface area contributed by atoms with Gasteiger partial charge in [-0.15, -0.1) is 0 Å². The van der Waals surface area contributed by atoms with E-state index in [-0.39, 0.29) is 18.8 Å². The summed E-state index contributed by atoms with van der Waals surface area (Å²) >= 11 is 0. The van der Waals surface area contributed by atoms with Crippen molar-refractivity contribution in [3.05, 3.63) is 34.9 Å². The van der Waals surface area contributed by atoms with Crippen molar-refractivity contribution >= 4 is 0 Å². The summed E-state index contributed by atoms with van der Waals surface area (Å²) in [5.41, 5.74) is -3.91. The molecule has 0 aliphatic heterocycles. The fraction of sp³-hybridized carbons (Fsp3) is 0.760. The maximum atomic E-state index is 13.4. The maximum Gasteiger partial charge on any atom is 0.426 e. The van der Waals surface area contributed by atoms with E-state index in [1.54, 1.807) is 0 Å². The van der Waals surface area contributed by atoms with Crippen LogP contribution in [0.1, 0.15) is 71.1 Å². The number of allylic oxidation sites excluding steroid dienone is 5. The monoisotopic (exact) mass is 494 g/mol. The van der Waals surface area contributed by atoms with E-state index in [0.29, 0.717) is 37.7 Å². The highest BCUT2D eigenvalue weighted by Crippen LogP contribution is 2.69. The summed E-state index contributed by atoms with van der Waals surface area (Å²) < 4.78 is 80.6. The van der Waals surface area contributed by atoms with E-state index in [1.165, 1.54) is 0 Å². The lowest BCUT2D eigenvalue weighted by Gasteiger charge is -2.45. The Bertz CT molecular complexity index is 869. The summed E-state index contributed by atoms with van der Waals surface area (Å²) in [5, 5.41) is 29.7. The Morgan fingerprint density at radius 1 is 0.971 bits per heavy atom. The van der Waals surface area contributed by atoms with Crippen molar-refractivity contribution in [2.75, 3.05) is 0 Å². The van der Waals surface area contributed by atoms with Crippen LogP contribution in [0.15, 0.2) is 34.9 Å². The van der Waals surface area contributed by atoms with Gasteiger partial charge in [-0.2, -0.15) is 26.3 Å². The summed E-state index contributed by atoms with van der Waals surface area (Å²) in [7, 11) is 0. The third-order valence-corrected chi connectivity index (χ3v) is 8.58. The lowest BCUT2D eigenvalue weighted by atomic mass is 9.60. The third-order valence-electron chi connectivity index (χ3n) is 8.58. The number of rotatable bonds is 4. The molecular formula is C25H32F6O3. The molecule has 0 saturated heterocycles. The number of aliphatic hydroxyl groups excluding tert-OH is 2. The molecule has 0 bridgehead atoms. The van der Waals surface area contributed by atoms with Crippen molar-refractivity contribution in [1.29, 1.82) is 0 Å². The van der Waals surface area contributed by atoms with Gasteiger partial charge in [0.15, 0.2) is 0 Å². The number of hydrogen-bond acceptors (Lipinski definition) is 3. The van der Waals surface area contributed by atoms with Crippen molar-refractivity contribution in [3.8, 4) is 0 Å². The first-order valence-electron chi connectivity index (χ1n) is 11.9. The van der Waals surface area contributed by atoms with Gasteiger partial charge >= 0.3 is 12.4 Å². The molecule has 0 aromatic carbocycles. The molecule has 34 heavy (non-hydrogen) atoms. The summed E-state index contributed by atoms with van der Waals surface area (Å²) in [6.07, 6.45) is -4.02. The van der Waals surface area contributed by atoms with Crippen molar-refractivity contribution in [1.82, 2.24) is 0 Å². The Morgan fingerprint density at radius 2 is 1.56 bits per heavy atom. The van der Waals surface area contributed by atoms with Gasteiger partial charge in [-0.3, -0.25) is 0 Å². The molecule has 3 fully saturated rings. The van der Waals surface area contributed by atoms with E-state index in [4.69, 9.17) is 0 Å². The predicted molar refractivity (Wildman–Crippen MR) is 114 cm³/mol. The zero-order valence-corrected chi connectivity index (χ0v) is 19.1. The lowest BCUT2D eigenvalue weighted by molar-refractivity contribution is -0.373. The summed E-state index contributed by atoms with van der Waals surface area (Å²) in [5.74, 6) is -0.0196. The smallest absolute Gasteiger partial charge is 0.393 e. The van der Waals surface area contributed by atoms with Gasteiger partial charge in [-0.25, -0.2) is 0 Å². The topological polar surface area (TPSA) is 60.7 Å². The van der Waals surface area contributed by atoms with Gasteiger partial charge in [0.2, 0.25) is 0 Å². The average molecular weight is 495 g/mol. The minimum atomic E-state index is -5.81. The molecule has 0 amide bonds. The molecule has 3 N–H and O–H groups in total. The molecule has 4 atom stereocenters. The highest BCUT2D eigenvalue weighted by molar-refractivity contribution is 5.40. The molecule has 9 heteroatoms. The van der Waals surface area contributed by atoms with Crippen molar-refractivity contribution < 1.29 is 41.7 Å². The first-order valence-corrected chi connectivity index (χ1v) is 11.9. The van der Waals surface area contributed by atoms with Crippen molar-refractivity contribution in [3.63, 3.8) is 0 Å². The Kier molecular flexibility index (Phi) is 6.34. The van der Waals surface area contributed by atoms with Gasteiger partial charge in [-0.1, -0.05) is 41.9 Å². The van der Waals surface area contributed by atoms with E-state index in [0.717, 1.165) is 24.0 Å². The number of halogens is 6. The third kappa shape index (κ3) is 4.37. The SMILES string of the molecule is C[C@]12CCC/C(=C\C=C3C[C@@H](O)C[C@H](O)C3)[C@@H]1CC=C2C1(CC(O)(C(F)(F)F)C(F)(F)F)CC1. The largest absolute Gasteiger partial charge is 0.426 e. The van der Waals surface area contributed by atoms with Gasteiger partial charge in [-0.05, 0) is 74.5 Å². The zero-order chi connectivity index (χ0) is 25.2. The number of alkyl halides is 6. The summed E-state index contributed by atoms with van der Waals surface area (Å²) in [6, 6.07) is 0. The van der Waals surface area contributed by atoms with Crippen LogP contribution in [0.2, 0.25) is 0 Å². The first-order chi connectivity index (χ1) is 15.6. The molecular weight excluding hydrogens is 462 g/mol. The summed E-state index contributed by atoms with van der Waals surface area (Å²) in [4.78, 5) is 0. The molecule has 3 nitrogen and oxygen atoms in total. The molecule has 192 valence electrons.